The lowest BCUT2D eigenvalue weighted by Gasteiger charge is -2.15. The molecule has 0 bridgehead atoms. The summed E-state index contributed by atoms with van der Waals surface area (Å²) in [7, 11) is 0. The zero-order valence-electron chi connectivity index (χ0n) is 14.3. The lowest BCUT2D eigenvalue weighted by atomic mass is 10.0. The molecule has 1 N–H and O–H groups in total. The van der Waals surface area contributed by atoms with Gasteiger partial charge in [-0.25, -0.2) is 0 Å². The number of nitrogens with zero attached hydrogens (tertiary/aromatic N) is 3. The molecule has 0 aliphatic carbocycles. The summed E-state index contributed by atoms with van der Waals surface area (Å²) in [6, 6.07) is 20.2. The van der Waals surface area contributed by atoms with Crippen molar-refractivity contribution in [2.24, 2.45) is 0 Å². The van der Waals surface area contributed by atoms with Crippen molar-refractivity contribution in [3.8, 4) is 0 Å². The molecule has 0 saturated heterocycles. The van der Waals surface area contributed by atoms with Crippen molar-refractivity contribution >= 4 is 34.1 Å². The van der Waals surface area contributed by atoms with Crippen molar-refractivity contribution in [1.29, 1.82) is 0 Å². The van der Waals surface area contributed by atoms with Crippen LogP contribution in [0.15, 0.2) is 72.0 Å². The molecular weight excluding hydrogens is 344 g/mol. The summed E-state index contributed by atoms with van der Waals surface area (Å²) in [6.45, 7) is 2.00. The Morgan fingerprint density at radius 2 is 1.88 bits per heavy atom. The first-order chi connectivity index (χ1) is 12.7. The molecule has 0 aliphatic rings. The highest BCUT2D eigenvalue weighted by Crippen LogP contribution is 2.21. The van der Waals surface area contributed by atoms with E-state index in [1.165, 1.54) is 22.5 Å². The average molecular weight is 362 g/mol. The minimum Gasteiger partial charge on any atom is -0.349 e. The SMILES string of the molecule is CC(NC(=O)CSc1nnc2ccccn12)c1ccc2ccccc2c1. The number of carbonyl (C=O) groups excluding carboxylic acids is 1. The van der Waals surface area contributed by atoms with Gasteiger partial charge in [0.15, 0.2) is 10.8 Å². The van der Waals surface area contributed by atoms with Gasteiger partial charge in [0.25, 0.3) is 0 Å². The highest BCUT2D eigenvalue weighted by atomic mass is 32.2. The lowest BCUT2D eigenvalue weighted by molar-refractivity contribution is -0.119. The van der Waals surface area contributed by atoms with Crippen LogP contribution in [0.3, 0.4) is 0 Å². The number of carbonyl (C=O) groups is 1. The van der Waals surface area contributed by atoms with E-state index in [1.807, 2.05) is 47.9 Å². The topological polar surface area (TPSA) is 59.3 Å². The van der Waals surface area contributed by atoms with E-state index in [0.717, 1.165) is 11.2 Å². The fraction of sp³-hybridized carbons (Fsp3) is 0.150. The standard InChI is InChI=1S/C20H18N4OS/c1-14(16-10-9-15-6-2-3-7-17(15)12-16)21-19(25)13-26-20-23-22-18-8-4-5-11-24(18)20/h2-12,14H,13H2,1H3,(H,21,25). The van der Waals surface area contributed by atoms with Crippen LogP contribution >= 0.6 is 11.8 Å². The number of fused-ring (bicyclic) bond motifs is 2. The Morgan fingerprint density at radius 1 is 1.08 bits per heavy atom. The molecular formula is C20H18N4OS. The van der Waals surface area contributed by atoms with Crippen molar-refractivity contribution in [2.75, 3.05) is 5.75 Å². The number of thioether (sulfide) groups is 1. The molecule has 1 atom stereocenters. The van der Waals surface area contributed by atoms with Crippen molar-refractivity contribution in [3.63, 3.8) is 0 Å². The second-order valence-corrected chi connectivity index (χ2v) is 7.04. The zero-order valence-corrected chi connectivity index (χ0v) is 15.1. The van der Waals surface area contributed by atoms with Crippen LogP contribution in [0.1, 0.15) is 18.5 Å². The van der Waals surface area contributed by atoms with E-state index < -0.39 is 0 Å². The summed E-state index contributed by atoms with van der Waals surface area (Å²) in [5.74, 6) is 0.275. The van der Waals surface area contributed by atoms with Gasteiger partial charge in [-0.2, -0.15) is 0 Å². The average Bonchev–Trinajstić information content (AvgIpc) is 3.09. The fourth-order valence-electron chi connectivity index (χ4n) is 2.89. The highest BCUT2D eigenvalue weighted by molar-refractivity contribution is 7.99. The maximum Gasteiger partial charge on any atom is 0.230 e. The van der Waals surface area contributed by atoms with E-state index >= 15 is 0 Å². The molecule has 26 heavy (non-hydrogen) atoms. The molecule has 2 aromatic carbocycles. The summed E-state index contributed by atoms with van der Waals surface area (Å²) in [4.78, 5) is 12.3. The number of pyridine rings is 1. The molecule has 4 rings (SSSR count). The molecule has 1 amide bonds. The van der Waals surface area contributed by atoms with Crippen LogP contribution in [-0.4, -0.2) is 26.3 Å². The van der Waals surface area contributed by atoms with E-state index in [4.69, 9.17) is 0 Å². The van der Waals surface area contributed by atoms with Crippen molar-refractivity contribution < 1.29 is 4.79 Å². The first kappa shape index (κ1) is 16.6. The molecule has 1 unspecified atom stereocenters. The third-order valence-electron chi connectivity index (χ3n) is 4.27. The molecule has 2 aromatic heterocycles. The molecule has 2 heterocycles. The summed E-state index contributed by atoms with van der Waals surface area (Å²) in [6.07, 6.45) is 1.90. The van der Waals surface area contributed by atoms with E-state index in [2.05, 4.69) is 45.8 Å². The Hall–Kier alpha value is -2.86. The minimum absolute atomic E-state index is 0.0247. The van der Waals surface area contributed by atoms with Crippen LogP contribution in [0, 0.1) is 0 Å². The maximum atomic E-state index is 12.3. The molecule has 5 nitrogen and oxygen atoms in total. The molecule has 0 saturated carbocycles. The molecule has 4 aromatic rings. The van der Waals surface area contributed by atoms with Gasteiger partial charge in [-0.3, -0.25) is 9.20 Å². The first-order valence-electron chi connectivity index (χ1n) is 8.41. The quantitative estimate of drug-likeness (QED) is 0.548. The van der Waals surface area contributed by atoms with E-state index in [1.54, 1.807) is 0 Å². The number of nitrogens with one attached hydrogen (secondary N) is 1. The number of hydrogen-bond acceptors (Lipinski definition) is 4. The van der Waals surface area contributed by atoms with Crippen LogP contribution < -0.4 is 5.32 Å². The van der Waals surface area contributed by atoms with Gasteiger partial charge in [-0.15, -0.1) is 10.2 Å². The smallest absolute Gasteiger partial charge is 0.230 e. The summed E-state index contributed by atoms with van der Waals surface area (Å²) in [5.41, 5.74) is 1.87. The Labute approximate surface area is 155 Å². The second kappa shape index (κ2) is 7.17. The molecule has 0 aliphatic heterocycles. The van der Waals surface area contributed by atoms with Gasteiger partial charge in [-0.1, -0.05) is 54.2 Å². The number of rotatable bonds is 5. The number of benzene rings is 2. The third-order valence-corrected chi connectivity index (χ3v) is 5.21. The van der Waals surface area contributed by atoms with Gasteiger partial charge in [-0.05, 0) is 41.5 Å². The third kappa shape index (κ3) is 3.41. The van der Waals surface area contributed by atoms with Crippen LogP contribution in [0.4, 0.5) is 0 Å². The van der Waals surface area contributed by atoms with Gasteiger partial charge >= 0.3 is 0 Å². The largest absolute Gasteiger partial charge is 0.349 e. The van der Waals surface area contributed by atoms with Gasteiger partial charge in [0, 0.05) is 6.20 Å². The predicted molar refractivity (Wildman–Crippen MR) is 104 cm³/mol. The lowest BCUT2D eigenvalue weighted by Crippen LogP contribution is -2.28. The molecule has 0 spiro atoms. The number of aromatic nitrogens is 3. The van der Waals surface area contributed by atoms with E-state index in [-0.39, 0.29) is 11.9 Å². The molecule has 0 radical (unpaired) electrons. The Bertz CT molecular complexity index is 1080. The van der Waals surface area contributed by atoms with E-state index in [0.29, 0.717) is 10.9 Å². The summed E-state index contributed by atoms with van der Waals surface area (Å²) < 4.78 is 1.88. The zero-order chi connectivity index (χ0) is 17.9. The Kier molecular flexibility index (Phi) is 4.58. The fourth-order valence-corrected chi connectivity index (χ4v) is 3.63. The highest BCUT2D eigenvalue weighted by Gasteiger charge is 2.12. The first-order valence-corrected chi connectivity index (χ1v) is 9.40. The number of amides is 1. The predicted octanol–water partition coefficient (Wildman–Crippen LogP) is 3.85. The van der Waals surface area contributed by atoms with Gasteiger partial charge in [0.05, 0.1) is 11.8 Å². The summed E-state index contributed by atoms with van der Waals surface area (Å²) >= 11 is 1.38. The van der Waals surface area contributed by atoms with Gasteiger partial charge in [0.1, 0.15) is 0 Å². The minimum atomic E-state index is -0.0529. The second-order valence-electron chi connectivity index (χ2n) is 6.10. The van der Waals surface area contributed by atoms with Crippen LogP contribution in [-0.2, 0) is 4.79 Å². The van der Waals surface area contributed by atoms with Gasteiger partial charge < -0.3 is 5.32 Å². The van der Waals surface area contributed by atoms with E-state index in [9.17, 15) is 4.79 Å². The summed E-state index contributed by atoms with van der Waals surface area (Å²) in [5, 5.41) is 14.4. The molecule has 6 heteroatoms. The molecule has 0 fully saturated rings. The van der Waals surface area contributed by atoms with Crippen molar-refractivity contribution in [3.05, 3.63) is 72.4 Å². The molecule has 130 valence electrons. The van der Waals surface area contributed by atoms with Crippen molar-refractivity contribution in [2.45, 2.75) is 18.1 Å². The number of hydrogen-bond donors (Lipinski definition) is 1. The van der Waals surface area contributed by atoms with Gasteiger partial charge in [0.2, 0.25) is 5.91 Å². The van der Waals surface area contributed by atoms with Crippen molar-refractivity contribution in [1.82, 2.24) is 19.9 Å². The Morgan fingerprint density at radius 3 is 2.77 bits per heavy atom. The van der Waals surface area contributed by atoms with Crippen LogP contribution in [0.25, 0.3) is 16.4 Å². The maximum absolute atomic E-state index is 12.3. The monoisotopic (exact) mass is 362 g/mol. The van der Waals surface area contributed by atoms with Crippen LogP contribution in [0.5, 0.6) is 0 Å². The normalized spacial score (nSPS) is 12.3. The van der Waals surface area contributed by atoms with Crippen LogP contribution in [0.2, 0.25) is 0 Å². The Balaban J connectivity index is 1.40.